The van der Waals surface area contributed by atoms with Crippen LogP contribution in [0.5, 0.6) is 0 Å². The predicted molar refractivity (Wildman–Crippen MR) is 77.5 cm³/mol. The third-order valence-corrected chi connectivity index (χ3v) is 2.20. The van der Waals surface area contributed by atoms with Gasteiger partial charge in [-0.05, 0) is 38.4 Å². The molecule has 3 N–H and O–H groups in total. The van der Waals surface area contributed by atoms with Gasteiger partial charge in [-0.15, -0.1) is 0 Å². The Labute approximate surface area is 100 Å². The van der Waals surface area contributed by atoms with Gasteiger partial charge in [0.2, 0.25) is 0 Å². The molecule has 2 heteroatoms. The molecule has 0 bridgehead atoms. The minimum atomic E-state index is 0. The van der Waals surface area contributed by atoms with Gasteiger partial charge in [0.25, 0.3) is 0 Å². The Kier molecular flexibility index (Phi) is 38.2. The van der Waals surface area contributed by atoms with Gasteiger partial charge >= 0.3 is 0 Å². The molecule has 0 aliphatic carbocycles. The Hall–Kier alpha value is -0.0800. The summed E-state index contributed by atoms with van der Waals surface area (Å²) in [6.45, 7) is 6.43. The molecule has 2 unspecified atom stereocenters. The number of nitrogens with two attached hydrogens (primary N) is 1. The van der Waals surface area contributed by atoms with Crippen molar-refractivity contribution in [1.82, 2.24) is 5.32 Å². The molecule has 0 aliphatic rings. The topological polar surface area (TPSA) is 38.0 Å². The van der Waals surface area contributed by atoms with Gasteiger partial charge < -0.3 is 11.1 Å². The average molecular weight is 222 g/mol. The van der Waals surface area contributed by atoms with E-state index in [1.54, 1.807) is 0 Å². The van der Waals surface area contributed by atoms with Crippen LogP contribution in [0, 0.1) is 11.8 Å². The number of hydrogen-bond acceptors (Lipinski definition) is 2. The lowest BCUT2D eigenvalue weighted by atomic mass is 9.94. The minimum absolute atomic E-state index is 0. The van der Waals surface area contributed by atoms with Gasteiger partial charge in [0, 0.05) is 0 Å². The molecule has 15 heavy (non-hydrogen) atoms. The molecule has 0 fully saturated rings. The molecule has 100 valence electrons. The van der Waals surface area contributed by atoms with Crippen molar-refractivity contribution in [3.8, 4) is 0 Å². The molecule has 0 rings (SSSR count). The van der Waals surface area contributed by atoms with Gasteiger partial charge in [0.15, 0.2) is 0 Å². The molecular weight excluding hydrogens is 184 g/mol. The van der Waals surface area contributed by atoms with E-state index in [9.17, 15) is 0 Å². The van der Waals surface area contributed by atoms with Crippen molar-refractivity contribution in [3.05, 3.63) is 0 Å². The van der Waals surface area contributed by atoms with Crippen LogP contribution < -0.4 is 11.1 Å². The Bertz CT molecular complexity index is 80.6. The molecular formula is C13H38N2. The lowest BCUT2D eigenvalue weighted by Crippen LogP contribution is -2.22. The van der Waals surface area contributed by atoms with Crippen LogP contribution in [0.1, 0.15) is 56.4 Å². The van der Waals surface area contributed by atoms with Crippen LogP contribution in [-0.2, 0) is 0 Å². The Morgan fingerprint density at radius 1 is 1.13 bits per heavy atom. The monoisotopic (exact) mass is 222 g/mol. The van der Waals surface area contributed by atoms with E-state index < -0.39 is 0 Å². The summed E-state index contributed by atoms with van der Waals surface area (Å²) < 4.78 is 0. The maximum Gasteiger partial charge on any atom is -0.00260 e. The highest BCUT2D eigenvalue weighted by Gasteiger charge is 2.08. The quantitative estimate of drug-likeness (QED) is 0.718. The molecule has 0 amide bonds. The fourth-order valence-electron chi connectivity index (χ4n) is 1.43. The lowest BCUT2D eigenvalue weighted by molar-refractivity contribution is 0.379. The molecule has 0 saturated carbocycles. The zero-order valence-corrected chi connectivity index (χ0v) is 8.06. The van der Waals surface area contributed by atoms with E-state index in [-0.39, 0.29) is 29.7 Å². The molecule has 0 aromatic rings. The summed E-state index contributed by atoms with van der Waals surface area (Å²) >= 11 is 0. The number of rotatable bonds is 6. The number of hydrogen-bond donors (Lipinski definition) is 2. The highest BCUT2D eigenvalue weighted by molar-refractivity contribution is 4.63. The number of nitrogens with one attached hydrogen (secondary N) is 1. The molecule has 2 atom stereocenters. The highest BCUT2D eigenvalue weighted by atomic mass is 14.8. The smallest absolute Gasteiger partial charge is 0.00260 e. The summed E-state index contributed by atoms with van der Waals surface area (Å²) in [6.07, 6.45) is 2.47. The molecule has 0 aliphatic heterocycles. The lowest BCUT2D eigenvalue weighted by Gasteiger charge is -2.17. The van der Waals surface area contributed by atoms with Gasteiger partial charge in [0.05, 0.1) is 0 Å². The molecule has 0 radical (unpaired) electrons. The van der Waals surface area contributed by atoms with Crippen molar-refractivity contribution < 1.29 is 0 Å². The van der Waals surface area contributed by atoms with Crippen molar-refractivity contribution in [1.29, 1.82) is 0 Å². The SMILES string of the molecule is C.C.C.C.CCC(CN)CC(C)CNC. The van der Waals surface area contributed by atoms with E-state index in [0.29, 0.717) is 0 Å². The first-order chi connectivity index (χ1) is 5.24. The summed E-state index contributed by atoms with van der Waals surface area (Å²) in [7, 11) is 2.00. The van der Waals surface area contributed by atoms with Crippen LogP contribution in [0.2, 0.25) is 0 Å². The largest absolute Gasteiger partial charge is 0.330 e. The average Bonchev–Trinajstić information content (AvgIpc) is 2.01. The molecule has 0 aromatic heterocycles. The summed E-state index contributed by atoms with van der Waals surface area (Å²) in [5.41, 5.74) is 5.61. The van der Waals surface area contributed by atoms with Crippen molar-refractivity contribution in [2.45, 2.75) is 56.4 Å². The summed E-state index contributed by atoms with van der Waals surface area (Å²) in [5.74, 6) is 1.48. The van der Waals surface area contributed by atoms with Gasteiger partial charge in [-0.2, -0.15) is 0 Å². The fraction of sp³-hybridized carbons (Fsp3) is 1.00. The molecule has 2 nitrogen and oxygen atoms in total. The predicted octanol–water partition coefficient (Wildman–Crippen LogP) is 3.76. The van der Waals surface area contributed by atoms with Crippen LogP contribution in [0.4, 0.5) is 0 Å². The molecule has 0 heterocycles. The Morgan fingerprint density at radius 3 is 1.87 bits per heavy atom. The standard InChI is InChI=1S/C9H22N2.4CH4/c1-4-9(6-10)5-8(2)7-11-3;;;;/h8-9,11H,4-7,10H2,1-3H3;4*1H4. The van der Waals surface area contributed by atoms with Gasteiger partial charge in [-0.25, -0.2) is 0 Å². The van der Waals surface area contributed by atoms with Crippen LogP contribution in [0.3, 0.4) is 0 Å². The van der Waals surface area contributed by atoms with E-state index in [1.807, 2.05) is 7.05 Å². The molecule has 0 aromatic carbocycles. The molecule has 0 spiro atoms. The van der Waals surface area contributed by atoms with E-state index in [4.69, 9.17) is 5.73 Å². The first kappa shape index (κ1) is 29.4. The second-order valence-corrected chi connectivity index (χ2v) is 3.41. The van der Waals surface area contributed by atoms with Crippen LogP contribution in [-0.4, -0.2) is 20.1 Å². The summed E-state index contributed by atoms with van der Waals surface area (Å²) in [5, 5.41) is 3.18. The minimum Gasteiger partial charge on any atom is -0.330 e. The maximum absolute atomic E-state index is 5.61. The van der Waals surface area contributed by atoms with E-state index >= 15 is 0 Å². The highest BCUT2D eigenvalue weighted by Crippen LogP contribution is 2.13. The van der Waals surface area contributed by atoms with Crippen molar-refractivity contribution >= 4 is 0 Å². The summed E-state index contributed by atoms with van der Waals surface area (Å²) in [6, 6.07) is 0. The van der Waals surface area contributed by atoms with Crippen molar-refractivity contribution in [3.63, 3.8) is 0 Å². The van der Waals surface area contributed by atoms with E-state index in [1.165, 1.54) is 12.8 Å². The van der Waals surface area contributed by atoms with Crippen LogP contribution in [0.25, 0.3) is 0 Å². The second kappa shape index (κ2) is 19.5. The van der Waals surface area contributed by atoms with Crippen LogP contribution in [0.15, 0.2) is 0 Å². The first-order valence-electron chi connectivity index (χ1n) is 4.59. The first-order valence-corrected chi connectivity index (χ1v) is 4.59. The maximum atomic E-state index is 5.61. The fourth-order valence-corrected chi connectivity index (χ4v) is 1.43. The van der Waals surface area contributed by atoms with E-state index in [0.717, 1.165) is 24.9 Å². The van der Waals surface area contributed by atoms with Crippen molar-refractivity contribution in [2.24, 2.45) is 17.6 Å². The Balaban J connectivity index is -0.0000000833. The van der Waals surface area contributed by atoms with Crippen molar-refractivity contribution in [2.75, 3.05) is 20.1 Å². The third kappa shape index (κ3) is 16.6. The van der Waals surface area contributed by atoms with E-state index in [2.05, 4.69) is 19.2 Å². The second-order valence-electron chi connectivity index (χ2n) is 3.41. The van der Waals surface area contributed by atoms with Gasteiger partial charge in [-0.3, -0.25) is 0 Å². The zero-order valence-electron chi connectivity index (χ0n) is 8.06. The van der Waals surface area contributed by atoms with Gasteiger partial charge in [-0.1, -0.05) is 50.0 Å². The summed E-state index contributed by atoms with van der Waals surface area (Å²) in [4.78, 5) is 0. The third-order valence-electron chi connectivity index (χ3n) is 2.20. The van der Waals surface area contributed by atoms with Crippen LogP contribution >= 0.6 is 0 Å². The normalized spacial score (nSPS) is 12.0. The van der Waals surface area contributed by atoms with Gasteiger partial charge in [0.1, 0.15) is 0 Å². The Morgan fingerprint density at radius 2 is 1.60 bits per heavy atom. The zero-order chi connectivity index (χ0) is 8.69. The molecule has 0 saturated heterocycles.